The number of rotatable bonds is 16. The van der Waals surface area contributed by atoms with Crippen molar-refractivity contribution in [1.29, 1.82) is 0 Å². The average molecular weight is 1220 g/mol. The van der Waals surface area contributed by atoms with E-state index in [1.807, 2.05) is 68.4 Å². The zero-order valence-corrected chi connectivity index (χ0v) is 56.8. The SMILES string of the molecule is C/C=C/C[C@@H](C)[C@@H](O)C1C(=O)NC(CC)C(=O)N(C)CC(=O)N(C)[C@H](CC(C)C)C(=O)N[C@H](C(C)C)C(=O)N(C)[C@H](CC(C)C)C(=O)NC(C)C(=O)N[C@H](C)C(=O)N(C)[C@@H](CC(C)C)C(=O)N(C)[C@@H](CC(C)C)C(=O)N(C)C(C(C)CC)C(=O)N1C. The molecule has 1 aliphatic rings. The van der Waals surface area contributed by atoms with Crippen LogP contribution in [0.1, 0.15) is 163 Å². The molecule has 0 saturated carbocycles. The molecule has 11 amide bonds. The molecule has 0 radical (unpaired) electrons. The number of likely N-dealkylation sites (N-methyl/N-ethyl adjacent to an activating group) is 7. The number of carbonyl (C=O) groups is 11. The summed E-state index contributed by atoms with van der Waals surface area (Å²) in [5.74, 6) is -9.61. The molecule has 1 rings (SSSR count). The van der Waals surface area contributed by atoms with Crippen LogP contribution < -0.4 is 21.3 Å². The molecule has 5 N–H and O–H groups in total. The third kappa shape index (κ3) is 21.6. The van der Waals surface area contributed by atoms with Crippen molar-refractivity contribution in [2.45, 2.75) is 229 Å². The zero-order valence-electron chi connectivity index (χ0n) is 56.8. The van der Waals surface area contributed by atoms with E-state index in [1.165, 1.54) is 87.7 Å². The predicted molar refractivity (Wildman–Crippen MR) is 333 cm³/mol. The van der Waals surface area contributed by atoms with Crippen molar-refractivity contribution in [2.75, 3.05) is 55.9 Å². The van der Waals surface area contributed by atoms with Crippen molar-refractivity contribution in [1.82, 2.24) is 55.6 Å². The summed E-state index contributed by atoms with van der Waals surface area (Å²) in [6.07, 6.45) is 3.44. The van der Waals surface area contributed by atoms with Gasteiger partial charge in [-0.25, -0.2) is 0 Å². The van der Waals surface area contributed by atoms with Crippen LogP contribution in [0.15, 0.2) is 12.2 Å². The highest BCUT2D eigenvalue weighted by atomic mass is 16.3. The molecule has 0 aromatic carbocycles. The van der Waals surface area contributed by atoms with E-state index in [2.05, 4.69) is 21.3 Å². The van der Waals surface area contributed by atoms with E-state index in [-0.39, 0.29) is 55.8 Å². The summed E-state index contributed by atoms with van der Waals surface area (Å²) in [6, 6.07) is -12.3. The number of allylic oxidation sites excluding steroid dienone is 2. The number of amides is 11. The molecular weight excluding hydrogens is 1100 g/mol. The Bertz CT molecular complexity index is 2350. The van der Waals surface area contributed by atoms with Crippen molar-refractivity contribution in [3.63, 3.8) is 0 Å². The van der Waals surface area contributed by atoms with E-state index in [1.54, 1.807) is 47.6 Å². The Morgan fingerprint density at radius 2 is 0.895 bits per heavy atom. The molecule has 0 bridgehead atoms. The lowest BCUT2D eigenvalue weighted by Crippen LogP contribution is -2.63. The fraction of sp³-hybridized carbons (Fsp3) is 0.794. The van der Waals surface area contributed by atoms with Gasteiger partial charge in [0.2, 0.25) is 65.0 Å². The fourth-order valence-electron chi connectivity index (χ4n) is 10.8. The number of nitrogens with zero attached hydrogens (tertiary/aromatic N) is 7. The number of hydrogen-bond acceptors (Lipinski definition) is 12. The lowest BCUT2D eigenvalue weighted by molar-refractivity contribution is -0.157. The Kier molecular flexibility index (Phi) is 32.3. The number of aliphatic hydroxyl groups is 1. The van der Waals surface area contributed by atoms with Crippen LogP contribution >= 0.6 is 0 Å². The van der Waals surface area contributed by atoms with Gasteiger partial charge in [-0.15, -0.1) is 0 Å². The Morgan fingerprint density at radius 1 is 0.477 bits per heavy atom. The Balaban J connectivity index is 4.36. The van der Waals surface area contributed by atoms with Crippen LogP contribution in [0.25, 0.3) is 0 Å². The van der Waals surface area contributed by atoms with Gasteiger partial charge < -0.3 is 60.7 Å². The summed E-state index contributed by atoms with van der Waals surface area (Å²) in [6.45, 7) is 29.5. The van der Waals surface area contributed by atoms with Crippen molar-refractivity contribution in [3.05, 3.63) is 12.2 Å². The molecule has 23 nitrogen and oxygen atoms in total. The molecular formula is C63H113N11O12. The molecule has 1 saturated heterocycles. The van der Waals surface area contributed by atoms with Crippen LogP contribution in [0.4, 0.5) is 0 Å². The summed E-state index contributed by atoms with van der Waals surface area (Å²) in [7, 11) is 9.97. The Morgan fingerprint density at radius 3 is 1.35 bits per heavy atom. The monoisotopic (exact) mass is 1220 g/mol. The highest BCUT2D eigenvalue weighted by Crippen LogP contribution is 2.26. The molecule has 1 heterocycles. The van der Waals surface area contributed by atoms with Gasteiger partial charge in [-0.1, -0.05) is 116 Å². The van der Waals surface area contributed by atoms with Gasteiger partial charge in [0.25, 0.3) is 0 Å². The minimum absolute atomic E-state index is 0.0237. The first-order chi connectivity index (χ1) is 39.7. The van der Waals surface area contributed by atoms with Gasteiger partial charge in [0.15, 0.2) is 0 Å². The second-order valence-electron chi connectivity index (χ2n) is 26.2. The first kappa shape index (κ1) is 77.9. The van der Waals surface area contributed by atoms with Crippen LogP contribution in [0.5, 0.6) is 0 Å². The maximum absolute atomic E-state index is 15.3. The van der Waals surface area contributed by atoms with Crippen molar-refractivity contribution in [2.24, 2.45) is 41.4 Å². The van der Waals surface area contributed by atoms with Gasteiger partial charge in [0, 0.05) is 49.3 Å². The summed E-state index contributed by atoms with van der Waals surface area (Å²) < 4.78 is 0. The molecule has 86 heavy (non-hydrogen) atoms. The number of carbonyl (C=O) groups excluding carboxylic acids is 11. The van der Waals surface area contributed by atoms with Crippen LogP contribution in [0.3, 0.4) is 0 Å². The quantitative estimate of drug-likeness (QED) is 0.139. The minimum atomic E-state index is -1.61. The van der Waals surface area contributed by atoms with Gasteiger partial charge in [0.1, 0.15) is 60.4 Å². The topological polar surface area (TPSA) is 279 Å². The van der Waals surface area contributed by atoms with Crippen LogP contribution in [-0.2, 0) is 52.7 Å². The van der Waals surface area contributed by atoms with Crippen LogP contribution in [0.2, 0.25) is 0 Å². The second-order valence-corrected chi connectivity index (χ2v) is 26.2. The van der Waals surface area contributed by atoms with E-state index in [0.717, 1.165) is 9.80 Å². The summed E-state index contributed by atoms with van der Waals surface area (Å²) >= 11 is 0. The average Bonchev–Trinajstić information content (AvgIpc) is 1.14. The number of hydrogen-bond donors (Lipinski definition) is 5. The molecule has 23 heteroatoms. The summed E-state index contributed by atoms with van der Waals surface area (Å²) in [5, 5.41) is 23.1. The molecule has 0 aromatic heterocycles. The van der Waals surface area contributed by atoms with Gasteiger partial charge in [-0.3, -0.25) is 52.7 Å². The lowest BCUT2D eigenvalue weighted by atomic mass is 9.90. The third-order valence-electron chi connectivity index (χ3n) is 16.6. The zero-order chi connectivity index (χ0) is 66.7. The van der Waals surface area contributed by atoms with Crippen LogP contribution in [-0.4, -0.2) is 227 Å². The highest BCUT2D eigenvalue weighted by Gasteiger charge is 2.46. The molecule has 5 unspecified atom stereocenters. The van der Waals surface area contributed by atoms with Crippen LogP contribution in [0, 0.1) is 41.4 Å². The maximum atomic E-state index is 15.3. The standard InChI is InChI=1S/C63H113N11O12/c1-25-28-29-41(15)53(76)52-57(80)66-44(27-3)59(82)68(18)34-49(75)69(19)45(30-35(4)5)56(79)67-50(39(12)13)62(85)70(20)46(31-36(6)7)55(78)64-42(16)54(77)65-43(17)58(81)71(21)47(32-37(8)9)60(83)72(22)48(33-38(10)11)61(84)73(23)51(40(14)26-2)63(86)74(52)24/h25,28,35-48,50-53,76H,26-27,29-34H2,1-24H3,(H,64,78)(H,65,77)(H,66,80)(H,67,79)/b28-25+/t40?,41-,42?,43-,44?,45-,46-,47+,48+,50-,51?,52?,53-/m1/s1. The molecule has 0 aromatic rings. The first-order valence-corrected chi connectivity index (χ1v) is 31.1. The van der Waals surface area contributed by atoms with Crippen molar-refractivity contribution in [3.8, 4) is 0 Å². The molecule has 492 valence electrons. The smallest absolute Gasteiger partial charge is 0.246 e. The normalized spacial score (nSPS) is 27.0. The molecule has 1 fully saturated rings. The summed E-state index contributed by atoms with van der Waals surface area (Å²) in [5.41, 5.74) is 0. The summed E-state index contributed by atoms with van der Waals surface area (Å²) in [4.78, 5) is 169. The maximum Gasteiger partial charge on any atom is 0.246 e. The molecule has 0 aliphatic carbocycles. The van der Waals surface area contributed by atoms with Crippen molar-refractivity contribution >= 4 is 65.0 Å². The van der Waals surface area contributed by atoms with E-state index in [9.17, 15) is 43.5 Å². The third-order valence-corrected chi connectivity index (χ3v) is 16.6. The Labute approximate surface area is 515 Å². The highest BCUT2D eigenvalue weighted by molar-refractivity contribution is 5.99. The van der Waals surface area contributed by atoms with E-state index in [0.29, 0.717) is 12.8 Å². The lowest BCUT2D eigenvalue weighted by Gasteiger charge is -2.42. The predicted octanol–water partition coefficient (Wildman–Crippen LogP) is 3.66. The molecule has 1 aliphatic heterocycles. The van der Waals surface area contributed by atoms with Gasteiger partial charge in [-0.2, -0.15) is 0 Å². The van der Waals surface area contributed by atoms with E-state index >= 15 is 14.4 Å². The number of aliphatic hydroxyl groups excluding tert-OH is 1. The Hall–Kier alpha value is -6.13. The minimum Gasteiger partial charge on any atom is -0.390 e. The van der Waals surface area contributed by atoms with E-state index in [4.69, 9.17) is 0 Å². The van der Waals surface area contributed by atoms with Gasteiger partial charge in [-0.05, 0) is 101 Å². The van der Waals surface area contributed by atoms with Gasteiger partial charge in [0.05, 0.1) is 12.6 Å². The largest absolute Gasteiger partial charge is 0.390 e. The number of nitrogens with one attached hydrogen (secondary N) is 4. The van der Waals surface area contributed by atoms with Crippen molar-refractivity contribution < 1.29 is 57.8 Å². The fourth-order valence-corrected chi connectivity index (χ4v) is 10.8. The van der Waals surface area contributed by atoms with Gasteiger partial charge >= 0.3 is 0 Å². The molecule has 0 spiro atoms. The molecule has 13 atom stereocenters. The first-order valence-electron chi connectivity index (χ1n) is 31.1. The second kappa shape index (κ2) is 35.6. The van der Waals surface area contributed by atoms with E-state index < -0.39 is 156 Å².